The molecule has 0 aliphatic heterocycles. The summed E-state index contributed by atoms with van der Waals surface area (Å²) in [7, 11) is 0. The molecule has 3 aromatic rings. The number of halogens is 3. The van der Waals surface area contributed by atoms with Crippen molar-refractivity contribution in [2.75, 3.05) is 5.32 Å². The Morgan fingerprint density at radius 1 is 0.950 bits per heavy atom. The lowest BCUT2D eigenvalue weighted by Crippen LogP contribution is -2.02. The minimum atomic E-state index is 0.467. The largest absolute Gasteiger partial charge is 0.378 e. The monoisotopic (exact) mass is 343 g/mol. The highest BCUT2D eigenvalue weighted by Crippen LogP contribution is 2.32. The summed E-state index contributed by atoms with van der Waals surface area (Å²) in [5, 5.41) is 5.07. The number of benzene rings is 2. The van der Waals surface area contributed by atoms with E-state index in [1.807, 2.05) is 12.1 Å². The predicted octanol–water partition coefficient (Wildman–Crippen LogP) is 5.26. The molecule has 3 nitrogen and oxygen atoms in total. The number of hydrogen-bond acceptors (Lipinski definition) is 4. The van der Waals surface area contributed by atoms with Crippen LogP contribution in [0.4, 0.5) is 5.69 Å². The first kappa shape index (κ1) is 13.9. The molecule has 1 aromatic heterocycles. The van der Waals surface area contributed by atoms with E-state index >= 15 is 0 Å². The summed E-state index contributed by atoms with van der Waals surface area (Å²) in [6.45, 7) is 0.467. The van der Waals surface area contributed by atoms with E-state index in [1.165, 1.54) is 0 Å². The van der Waals surface area contributed by atoms with Gasteiger partial charge in [-0.1, -0.05) is 40.9 Å². The van der Waals surface area contributed by atoms with Crippen LogP contribution in [0.3, 0.4) is 0 Å². The molecule has 0 atom stereocenters. The molecule has 2 aromatic carbocycles. The first-order valence-electron chi connectivity index (χ1n) is 5.74. The maximum Gasteiger partial charge on any atom is 0.129 e. The molecule has 0 radical (unpaired) electrons. The topological polar surface area (TPSA) is 37.8 Å². The second-order valence-corrected chi connectivity index (χ2v) is 5.86. The Kier molecular flexibility index (Phi) is 3.98. The van der Waals surface area contributed by atoms with Crippen LogP contribution in [0.25, 0.3) is 11.0 Å². The summed E-state index contributed by atoms with van der Waals surface area (Å²) in [5.74, 6) is 0. The minimum Gasteiger partial charge on any atom is -0.378 e. The van der Waals surface area contributed by atoms with Crippen molar-refractivity contribution in [3.63, 3.8) is 0 Å². The molecule has 0 saturated heterocycles. The Labute approximate surface area is 134 Å². The van der Waals surface area contributed by atoms with E-state index in [-0.39, 0.29) is 0 Å². The predicted molar refractivity (Wildman–Crippen MR) is 86.2 cm³/mol. The van der Waals surface area contributed by atoms with Crippen molar-refractivity contribution in [1.29, 1.82) is 0 Å². The number of nitrogens with zero attached hydrogens (tertiary/aromatic N) is 2. The summed E-state index contributed by atoms with van der Waals surface area (Å²) < 4.78 is 8.44. The van der Waals surface area contributed by atoms with Crippen molar-refractivity contribution in [2.45, 2.75) is 6.54 Å². The molecule has 0 amide bonds. The second-order valence-electron chi connectivity index (χ2n) is 4.11. The van der Waals surface area contributed by atoms with Crippen LogP contribution in [-0.4, -0.2) is 8.75 Å². The lowest BCUT2D eigenvalue weighted by Gasteiger charge is -2.11. The molecule has 0 unspecified atom stereocenters. The zero-order chi connectivity index (χ0) is 14.1. The van der Waals surface area contributed by atoms with Gasteiger partial charge in [0.25, 0.3) is 0 Å². The first-order chi connectivity index (χ1) is 9.66. The Hall–Kier alpha value is -1.07. The van der Waals surface area contributed by atoms with Crippen LogP contribution in [0.15, 0.2) is 30.3 Å². The van der Waals surface area contributed by atoms with Gasteiger partial charge in [-0.05, 0) is 24.3 Å². The van der Waals surface area contributed by atoms with E-state index in [4.69, 9.17) is 34.8 Å². The number of aromatic nitrogens is 2. The zero-order valence-corrected chi connectivity index (χ0v) is 13.1. The van der Waals surface area contributed by atoms with Crippen molar-refractivity contribution < 1.29 is 0 Å². The average Bonchev–Trinajstić information content (AvgIpc) is 2.88. The number of anilines is 1. The van der Waals surface area contributed by atoms with Gasteiger partial charge in [0.15, 0.2) is 0 Å². The van der Waals surface area contributed by atoms with Crippen LogP contribution < -0.4 is 5.32 Å². The highest BCUT2D eigenvalue weighted by Gasteiger charge is 2.11. The molecule has 0 fully saturated rings. The van der Waals surface area contributed by atoms with Crippen LogP contribution in [0.5, 0.6) is 0 Å². The van der Waals surface area contributed by atoms with Crippen LogP contribution in [-0.2, 0) is 6.54 Å². The van der Waals surface area contributed by atoms with Crippen LogP contribution >= 0.6 is 46.5 Å². The lowest BCUT2D eigenvalue weighted by atomic mass is 10.2. The summed E-state index contributed by atoms with van der Waals surface area (Å²) in [6.07, 6.45) is 0. The van der Waals surface area contributed by atoms with Crippen molar-refractivity contribution >= 4 is 63.3 Å². The summed E-state index contributed by atoms with van der Waals surface area (Å²) in [5.41, 5.74) is 3.14. The Morgan fingerprint density at radius 3 is 2.45 bits per heavy atom. The number of rotatable bonds is 3. The standard InChI is InChI=1S/C13H8Cl3N3S/c14-8-2-1-3-9(15)7(8)6-17-12-10(16)4-5-11-13(12)19-20-18-11/h1-5,17H,6H2. The van der Waals surface area contributed by atoms with Crippen LogP contribution in [0.1, 0.15) is 5.56 Å². The number of hydrogen-bond donors (Lipinski definition) is 1. The Balaban J connectivity index is 1.94. The molecule has 0 bridgehead atoms. The molecule has 0 spiro atoms. The van der Waals surface area contributed by atoms with Gasteiger partial charge in [-0.15, -0.1) is 0 Å². The van der Waals surface area contributed by atoms with Gasteiger partial charge in [0.1, 0.15) is 11.0 Å². The number of fused-ring (bicyclic) bond motifs is 1. The molecule has 1 heterocycles. The quantitative estimate of drug-likeness (QED) is 0.704. The van der Waals surface area contributed by atoms with Gasteiger partial charge in [0.05, 0.1) is 22.4 Å². The van der Waals surface area contributed by atoms with Crippen molar-refractivity contribution in [3.8, 4) is 0 Å². The third-order valence-electron chi connectivity index (χ3n) is 2.88. The maximum absolute atomic E-state index is 6.21. The van der Waals surface area contributed by atoms with Gasteiger partial charge in [-0.2, -0.15) is 8.75 Å². The fourth-order valence-corrected chi connectivity index (χ4v) is 3.17. The summed E-state index contributed by atoms with van der Waals surface area (Å²) >= 11 is 19.7. The fraction of sp³-hybridized carbons (Fsp3) is 0.0769. The zero-order valence-electron chi connectivity index (χ0n) is 10.0. The molecule has 0 aliphatic carbocycles. The average molecular weight is 345 g/mol. The summed E-state index contributed by atoms with van der Waals surface area (Å²) in [6, 6.07) is 9.05. The molecule has 3 rings (SSSR count). The van der Waals surface area contributed by atoms with Gasteiger partial charge in [0, 0.05) is 22.2 Å². The highest BCUT2D eigenvalue weighted by atomic mass is 35.5. The highest BCUT2D eigenvalue weighted by molar-refractivity contribution is 7.00. The van der Waals surface area contributed by atoms with E-state index in [1.54, 1.807) is 18.2 Å². The smallest absolute Gasteiger partial charge is 0.129 e. The van der Waals surface area contributed by atoms with Gasteiger partial charge in [-0.3, -0.25) is 0 Å². The van der Waals surface area contributed by atoms with Gasteiger partial charge >= 0.3 is 0 Å². The second kappa shape index (κ2) is 5.74. The molecule has 1 N–H and O–H groups in total. The van der Waals surface area contributed by atoms with Crippen molar-refractivity contribution in [1.82, 2.24) is 8.75 Å². The van der Waals surface area contributed by atoms with E-state index in [9.17, 15) is 0 Å². The Morgan fingerprint density at radius 2 is 1.70 bits per heavy atom. The minimum absolute atomic E-state index is 0.467. The number of nitrogens with one attached hydrogen (secondary N) is 1. The van der Waals surface area contributed by atoms with Crippen molar-refractivity contribution in [3.05, 3.63) is 51.0 Å². The molecular formula is C13H8Cl3N3S. The van der Waals surface area contributed by atoms with E-state index in [2.05, 4.69) is 14.1 Å². The van der Waals surface area contributed by atoms with Gasteiger partial charge < -0.3 is 5.32 Å². The fourth-order valence-electron chi connectivity index (χ4n) is 1.87. The van der Waals surface area contributed by atoms with Crippen molar-refractivity contribution in [2.24, 2.45) is 0 Å². The molecule has 102 valence electrons. The Bertz CT molecular complexity index is 752. The normalized spacial score (nSPS) is 10.9. The molecule has 20 heavy (non-hydrogen) atoms. The van der Waals surface area contributed by atoms with E-state index < -0.39 is 0 Å². The molecular weight excluding hydrogens is 337 g/mol. The van der Waals surface area contributed by atoms with E-state index in [0.29, 0.717) is 21.6 Å². The maximum atomic E-state index is 6.21. The third-order valence-corrected chi connectivity index (χ3v) is 4.45. The lowest BCUT2D eigenvalue weighted by molar-refractivity contribution is 1.15. The molecule has 0 saturated carbocycles. The molecule has 7 heteroatoms. The first-order valence-corrected chi connectivity index (χ1v) is 7.61. The van der Waals surface area contributed by atoms with Gasteiger partial charge in [-0.25, -0.2) is 0 Å². The third kappa shape index (κ3) is 2.56. The van der Waals surface area contributed by atoms with Crippen LogP contribution in [0, 0.1) is 0 Å². The van der Waals surface area contributed by atoms with Gasteiger partial charge in [0.2, 0.25) is 0 Å². The van der Waals surface area contributed by atoms with Crippen LogP contribution in [0.2, 0.25) is 15.1 Å². The summed E-state index contributed by atoms with van der Waals surface area (Å²) in [4.78, 5) is 0. The molecule has 0 aliphatic rings. The SMILES string of the molecule is Clc1cccc(Cl)c1CNc1c(Cl)ccc2nsnc12. The van der Waals surface area contributed by atoms with E-state index in [0.717, 1.165) is 34.0 Å².